The summed E-state index contributed by atoms with van der Waals surface area (Å²) < 4.78 is 35.4. The van der Waals surface area contributed by atoms with E-state index in [-0.39, 0.29) is 4.90 Å². The number of para-hydroxylation sites is 1. The fraction of sp³-hybridized carbons (Fsp3) is 0.154. The number of ether oxygens (including phenoxy) is 1. The van der Waals surface area contributed by atoms with Gasteiger partial charge in [0.15, 0.2) is 0 Å². The predicted octanol–water partition coefficient (Wildman–Crippen LogP) is 4.84. The molecule has 0 saturated carbocycles. The van der Waals surface area contributed by atoms with Crippen molar-refractivity contribution in [2.75, 3.05) is 35.8 Å². The second kappa shape index (κ2) is 9.13. The quantitative estimate of drug-likeness (QED) is 0.432. The van der Waals surface area contributed by atoms with Gasteiger partial charge in [0.2, 0.25) is 0 Å². The van der Waals surface area contributed by atoms with E-state index in [0.717, 1.165) is 37.3 Å². The Kier molecular flexibility index (Phi) is 5.90. The predicted molar refractivity (Wildman–Crippen MR) is 133 cm³/mol. The monoisotopic (exact) mass is 459 g/mol. The Bertz CT molecular complexity index is 1370. The zero-order valence-corrected chi connectivity index (χ0v) is 18.9. The molecule has 6 nitrogen and oxygen atoms in total. The molecule has 0 aliphatic carbocycles. The minimum Gasteiger partial charge on any atom is -0.457 e. The van der Waals surface area contributed by atoms with Gasteiger partial charge in [0.1, 0.15) is 11.5 Å². The van der Waals surface area contributed by atoms with Crippen LogP contribution in [0.1, 0.15) is 0 Å². The van der Waals surface area contributed by atoms with Gasteiger partial charge >= 0.3 is 0 Å². The summed E-state index contributed by atoms with van der Waals surface area (Å²) in [6.07, 6.45) is 0. The van der Waals surface area contributed by atoms with Crippen LogP contribution in [0.25, 0.3) is 10.8 Å². The smallest absolute Gasteiger partial charge is 0.262 e. The maximum Gasteiger partial charge on any atom is 0.262 e. The van der Waals surface area contributed by atoms with Crippen LogP contribution < -0.4 is 19.7 Å². The maximum absolute atomic E-state index is 13.4. The van der Waals surface area contributed by atoms with Gasteiger partial charge in [-0.05, 0) is 36.4 Å². The highest BCUT2D eigenvalue weighted by atomic mass is 32.2. The number of nitrogens with one attached hydrogen (secondary N) is 2. The number of rotatable bonds is 6. The maximum atomic E-state index is 13.4. The van der Waals surface area contributed by atoms with Crippen LogP contribution >= 0.6 is 0 Å². The molecule has 4 aromatic rings. The summed E-state index contributed by atoms with van der Waals surface area (Å²) in [5.74, 6) is 1.24. The first kappa shape index (κ1) is 21.3. The molecule has 1 aliphatic rings. The van der Waals surface area contributed by atoms with Crippen LogP contribution in [-0.2, 0) is 10.0 Å². The van der Waals surface area contributed by atoms with Crippen LogP contribution in [0.2, 0.25) is 0 Å². The first-order chi connectivity index (χ1) is 16.1. The number of hydrogen-bond donors (Lipinski definition) is 2. The lowest BCUT2D eigenvalue weighted by Crippen LogP contribution is -2.43. The molecule has 5 rings (SSSR count). The molecule has 0 amide bonds. The van der Waals surface area contributed by atoms with Gasteiger partial charge < -0.3 is 15.0 Å². The van der Waals surface area contributed by atoms with Crippen molar-refractivity contribution in [3.8, 4) is 11.5 Å². The third-order valence-electron chi connectivity index (χ3n) is 5.67. The van der Waals surface area contributed by atoms with Crippen molar-refractivity contribution < 1.29 is 13.2 Å². The summed E-state index contributed by atoms with van der Waals surface area (Å²) in [6.45, 7) is 3.61. The lowest BCUT2D eigenvalue weighted by atomic mass is 10.1. The Hall–Kier alpha value is -3.55. The van der Waals surface area contributed by atoms with Crippen molar-refractivity contribution in [3.05, 3.63) is 91.0 Å². The van der Waals surface area contributed by atoms with Crippen molar-refractivity contribution in [1.29, 1.82) is 0 Å². The topological polar surface area (TPSA) is 70.7 Å². The normalized spacial score (nSPS) is 14.2. The highest BCUT2D eigenvalue weighted by Gasteiger charge is 2.21. The minimum absolute atomic E-state index is 0.256. The molecular formula is C26H25N3O3S. The number of fused-ring (bicyclic) bond motifs is 1. The first-order valence-electron chi connectivity index (χ1n) is 10.9. The number of sulfonamides is 1. The SMILES string of the molecule is O=S(=O)(Nc1cccc(Oc2ccccc2)c1)c1ccc(N2CCNCC2)c2ccccc12. The molecule has 7 heteroatoms. The summed E-state index contributed by atoms with van der Waals surface area (Å²) in [5.41, 5.74) is 1.50. The molecule has 0 radical (unpaired) electrons. The molecule has 0 bridgehead atoms. The second-order valence-electron chi connectivity index (χ2n) is 7.91. The van der Waals surface area contributed by atoms with Gasteiger partial charge in [0.25, 0.3) is 10.0 Å². The van der Waals surface area contributed by atoms with Crippen LogP contribution in [0, 0.1) is 0 Å². The summed E-state index contributed by atoms with van der Waals surface area (Å²) in [6, 6.07) is 27.6. The summed E-state index contributed by atoms with van der Waals surface area (Å²) >= 11 is 0. The molecule has 0 unspecified atom stereocenters. The van der Waals surface area contributed by atoms with Crippen LogP contribution in [-0.4, -0.2) is 34.6 Å². The Morgan fingerprint density at radius 2 is 1.45 bits per heavy atom. The summed E-state index contributed by atoms with van der Waals surface area (Å²) in [4.78, 5) is 2.55. The molecule has 0 spiro atoms. The van der Waals surface area contributed by atoms with Gasteiger partial charge in [0, 0.05) is 48.7 Å². The Labute approximate surface area is 193 Å². The number of hydrogen-bond acceptors (Lipinski definition) is 5. The molecule has 0 aromatic heterocycles. The molecule has 4 aromatic carbocycles. The minimum atomic E-state index is -3.81. The van der Waals surface area contributed by atoms with Crippen LogP contribution in [0.15, 0.2) is 95.9 Å². The standard InChI is InChI=1S/C26H25N3O3S/c30-33(31,28-20-7-6-10-22(19-20)32-21-8-2-1-3-9-21)26-14-13-25(29-17-15-27-16-18-29)23-11-4-5-12-24(23)26/h1-14,19,27-28H,15-18H2. The highest BCUT2D eigenvalue weighted by Crippen LogP contribution is 2.33. The van der Waals surface area contributed by atoms with Gasteiger partial charge in [-0.3, -0.25) is 4.72 Å². The van der Waals surface area contributed by atoms with Gasteiger partial charge in [-0.1, -0.05) is 48.5 Å². The van der Waals surface area contributed by atoms with E-state index in [1.165, 1.54) is 0 Å². The largest absolute Gasteiger partial charge is 0.457 e. The number of anilines is 2. The van der Waals surface area contributed by atoms with E-state index < -0.39 is 10.0 Å². The fourth-order valence-corrected chi connectivity index (χ4v) is 5.39. The molecule has 1 aliphatic heterocycles. The molecule has 2 N–H and O–H groups in total. The Morgan fingerprint density at radius 3 is 2.24 bits per heavy atom. The highest BCUT2D eigenvalue weighted by molar-refractivity contribution is 7.93. The van der Waals surface area contributed by atoms with E-state index in [9.17, 15) is 8.42 Å². The number of nitrogens with zero attached hydrogens (tertiary/aromatic N) is 1. The van der Waals surface area contributed by atoms with E-state index in [0.29, 0.717) is 22.6 Å². The zero-order valence-electron chi connectivity index (χ0n) is 18.1. The molecule has 168 valence electrons. The second-order valence-corrected chi connectivity index (χ2v) is 9.56. The van der Waals surface area contributed by atoms with Gasteiger partial charge in [-0.25, -0.2) is 8.42 Å². The van der Waals surface area contributed by atoms with E-state index >= 15 is 0 Å². The third-order valence-corrected chi connectivity index (χ3v) is 7.11. The molecule has 1 saturated heterocycles. The molecule has 1 fully saturated rings. The molecule has 0 atom stereocenters. The lowest BCUT2D eigenvalue weighted by molar-refractivity contribution is 0.483. The fourth-order valence-electron chi connectivity index (χ4n) is 4.13. The number of benzene rings is 4. The summed E-state index contributed by atoms with van der Waals surface area (Å²) in [7, 11) is -3.81. The first-order valence-corrected chi connectivity index (χ1v) is 12.4. The molecule has 33 heavy (non-hydrogen) atoms. The Balaban J connectivity index is 1.46. The van der Waals surface area contributed by atoms with E-state index in [2.05, 4.69) is 14.9 Å². The lowest BCUT2D eigenvalue weighted by Gasteiger charge is -2.30. The van der Waals surface area contributed by atoms with Crippen LogP contribution in [0.5, 0.6) is 11.5 Å². The van der Waals surface area contributed by atoms with Crippen molar-refractivity contribution >= 4 is 32.2 Å². The Morgan fingerprint density at radius 1 is 0.758 bits per heavy atom. The van der Waals surface area contributed by atoms with Gasteiger partial charge in [-0.15, -0.1) is 0 Å². The van der Waals surface area contributed by atoms with E-state index in [1.54, 1.807) is 30.3 Å². The van der Waals surface area contributed by atoms with Gasteiger partial charge in [-0.2, -0.15) is 0 Å². The van der Waals surface area contributed by atoms with Gasteiger partial charge in [0.05, 0.1) is 10.6 Å². The number of piperazine rings is 1. The molecule has 1 heterocycles. The van der Waals surface area contributed by atoms with E-state index in [4.69, 9.17) is 4.74 Å². The van der Waals surface area contributed by atoms with Crippen LogP contribution in [0.3, 0.4) is 0 Å². The molecular weight excluding hydrogens is 434 g/mol. The zero-order chi connectivity index (χ0) is 22.7. The van der Waals surface area contributed by atoms with Crippen molar-refractivity contribution in [1.82, 2.24) is 5.32 Å². The summed E-state index contributed by atoms with van der Waals surface area (Å²) in [5, 5.41) is 5.00. The van der Waals surface area contributed by atoms with Crippen molar-refractivity contribution in [2.45, 2.75) is 4.90 Å². The average Bonchev–Trinajstić information content (AvgIpc) is 2.84. The van der Waals surface area contributed by atoms with Crippen LogP contribution in [0.4, 0.5) is 11.4 Å². The van der Waals surface area contributed by atoms with Crippen molar-refractivity contribution in [2.24, 2.45) is 0 Å². The average molecular weight is 460 g/mol. The van der Waals surface area contributed by atoms with E-state index in [1.807, 2.05) is 60.7 Å². The third kappa shape index (κ3) is 4.65. The van der Waals surface area contributed by atoms with Crippen molar-refractivity contribution in [3.63, 3.8) is 0 Å².